The lowest BCUT2D eigenvalue weighted by atomic mass is 9.92. The number of ether oxygens (including phenoxy) is 3. The molecule has 744 valence electrons. The molecule has 7 aliphatic heterocycles. The number of oxazole rings is 2. The number of hydrogen-bond donors (Lipinski definition) is 2. The summed E-state index contributed by atoms with van der Waals surface area (Å²) >= 11 is 7.70. The van der Waals surface area contributed by atoms with Crippen molar-refractivity contribution in [2.75, 3.05) is 76.9 Å². The zero-order valence-electron chi connectivity index (χ0n) is 86.1. The predicted octanol–water partition coefficient (Wildman–Crippen LogP) is 28.4. The van der Waals surface area contributed by atoms with Crippen molar-refractivity contribution >= 4 is 52.1 Å². The molecule has 14 aromatic rings. The molecule has 7 atom stereocenters. The van der Waals surface area contributed by atoms with Crippen molar-refractivity contribution in [3.05, 3.63) is 359 Å². The van der Waals surface area contributed by atoms with Crippen molar-refractivity contribution in [2.24, 2.45) is 28.7 Å². The molecule has 25 heteroatoms. The summed E-state index contributed by atoms with van der Waals surface area (Å²) in [6.07, 6.45) is 45.3. The van der Waals surface area contributed by atoms with Crippen molar-refractivity contribution in [3.63, 3.8) is 0 Å². The molecule has 0 aliphatic carbocycles. The molecule has 21 rings (SSSR count). The first-order valence-corrected chi connectivity index (χ1v) is 51.3. The summed E-state index contributed by atoms with van der Waals surface area (Å²) in [5.74, 6) is 11.2. The van der Waals surface area contributed by atoms with Crippen molar-refractivity contribution in [3.8, 4) is 0 Å². The van der Waals surface area contributed by atoms with Gasteiger partial charge in [-0.1, -0.05) is 101 Å². The quantitative estimate of drug-likeness (QED) is 0.143. The molecular formula is C111H164N14O7S4. The third-order valence-electron chi connectivity index (χ3n) is 18.8. The number of nitrogens with one attached hydrogen (secondary N) is 2. The number of thiophene rings is 2. The number of aromatic amines is 1. The third-order valence-corrected chi connectivity index (χ3v) is 23.1. The summed E-state index contributed by atoms with van der Waals surface area (Å²) < 4.78 is 34.0. The lowest BCUT2D eigenvalue weighted by Gasteiger charge is -2.31. The molecule has 136 heavy (non-hydrogen) atoms. The number of rotatable bonds is 0. The Morgan fingerprint density at radius 3 is 1.29 bits per heavy atom. The van der Waals surface area contributed by atoms with Gasteiger partial charge in [-0.15, -0.1) is 11.3 Å². The van der Waals surface area contributed by atoms with Gasteiger partial charge in [0.1, 0.15) is 30.7 Å². The van der Waals surface area contributed by atoms with E-state index in [4.69, 9.17) is 27.5 Å². The molecule has 1 aromatic carbocycles. The van der Waals surface area contributed by atoms with Gasteiger partial charge in [0, 0.05) is 154 Å². The number of hydrogen-bond acceptors (Lipinski definition) is 24. The minimum atomic E-state index is 0.546. The predicted molar refractivity (Wildman–Crippen MR) is 576 cm³/mol. The number of pyridine rings is 4. The number of likely N-dealkylation sites (tertiary alicyclic amines) is 1. The number of thioether (sulfide) groups is 2. The molecule has 2 N–H and O–H groups in total. The summed E-state index contributed by atoms with van der Waals surface area (Å²) in [4.78, 5) is 49.4. The largest absolute Gasteiger partial charge is 0.479 e. The number of aliphatic imine (C=N–C) groups is 1. The second kappa shape index (κ2) is 86.2. The van der Waals surface area contributed by atoms with Crippen LogP contribution in [0.3, 0.4) is 0 Å². The normalized spacial score (nSPS) is 16.9. The van der Waals surface area contributed by atoms with Crippen LogP contribution in [0.15, 0.2) is 303 Å². The summed E-state index contributed by atoms with van der Waals surface area (Å²) in [6, 6.07) is 48.4. The second-order valence-electron chi connectivity index (χ2n) is 33.4. The van der Waals surface area contributed by atoms with E-state index in [0.717, 1.165) is 114 Å². The highest BCUT2D eigenvalue weighted by Crippen LogP contribution is 2.25. The van der Waals surface area contributed by atoms with Crippen molar-refractivity contribution in [2.45, 2.75) is 228 Å². The van der Waals surface area contributed by atoms with Crippen LogP contribution in [0, 0.1) is 121 Å². The van der Waals surface area contributed by atoms with Crippen LogP contribution in [0.4, 0.5) is 0 Å². The number of piperidine rings is 1. The maximum absolute atomic E-state index is 5.15. The van der Waals surface area contributed by atoms with Gasteiger partial charge in [0.15, 0.2) is 18.2 Å². The topological polar surface area (TPSA) is 253 Å². The Labute approximate surface area is 835 Å². The van der Waals surface area contributed by atoms with Gasteiger partial charge in [-0.05, 0) is 339 Å². The van der Waals surface area contributed by atoms with Gasteiger partial charge in [-0.25, -0.2) is 19.9 Å². The Morgan fingerprint density at radius 2 is 1.10 bits per heavy atom. The first kappa shape index (κ1) is 124. The highest BCUT2D eigenvalue weighted by molar-refractivity contribution is 8.00. The summed E-state index contributed by atoms with van der Waals surface area (Å²) in [6.45, 7) is 53.8. The van der Waals surface area contributed by atoms with E-state index in [9.17, 15) is 0 Å². The minimum absolute atomic E-state index is 0.546. The lowest BCUT2D eigenvalue weighted by Crippen LogP contribution is -2.35. The van der Waals surface area contributed by atoms with E-state index < -0.39 is 0 Å². The summed E-state index contributed by atoms with van der Waals surface area (Å²) in [5, 5.41) is 10.6. The van der Waals surface area contributed by atoms with Gasteiger partial charge >= 0.3 is 0 Å². The van der Waals surface area contributed by atoms with Gasteiger partial charge in [0.2, 0.25) is 0 Å². The zero-order chi connectivity index (χ0) is 99.9. The fourth-order valence-electron chi connectivity index (χ4n) is 11.5. The maximum atomic E-state index is 5.15. The van der Waals surface area contributed by atoms with E-state index >= 15 is 0 Å². The van der Waals surface area contributed by atoms with E-state index in [-0.39, 0.29) is 0 Å². The van der Waals surface area contributed by atoms with Crippen LogP contribution in [0.25, 0.3) is 0 Å². The van der Waals surface area contributed by atoms with E-state index in [2.05, 4.69) is 221 Å². The average molecular weight is 1930 g/mol. The Balaban J connectivity index is 0.000000714. The van der Waals surface area contributed by atoms with Crippen LogP contribution >= 0.6 is 46.2 Å². The molecule has 0 amide bonds. The molecule has 21 nitrogen and oxygen atoms in total. The molecular weight excluding hydrogens is 1770 g/mol. The zero-order valence-corrected chi connectivity index (χ0v) is 89.4. The standard InChI is InChI=1S/C8H17N.C7H8.4C6H7N.2C5H6N2.C5H11N.C5H7N.C5H10O.C5H6O.C5H10O.C5H6O.C5H10S.C5H6S.C5H10S.C5H6S.C4H5NO.C4H7NO.C4H5NO/c1-7-4-8(2)6-9(3)5-7;1-7-5-3-2-4-6-7;2*1-6-3-2-4-7-5-6;2*1-6-4-2-3-5-7-6;1-5-4-6-2-3-7-5;1-5-6-3-2-4-7-5;2*1-5-3-2-4-6-5;2*1-5-2-3-6-4-5;2*1-5-3-2-4-6-5;2*1-5-2-3-6-4-5;2*1-5-3-2-4-6-5;1-4-2-6-3-5-4;2*1-4-5-2-3-6-4/h7-8H,4-6H2,1-3H3;2-6H,1H3;4*2-5H,1H3;2*2-4H,1H3;5-6H,2-4H2,1H3;2-4,6H,1H3;5H,2-4H2,1H3;2-4H,1H3;5H,2-4H2,1H3;2-4H,1H3;5H,2-4H2,1H3;2-4H,1H3;5H,2-4H2,1H3;2-4H,1H3;2-3H,1H3;2-3H2,1H3;2-3H,1H3. The molecule has 6 saturated heterocycles. The third kappa shape index (κ3) is 84.2. The van der Waals surface area contributed by atoms with Crippen molar-refractivity contribution in [1.82, 2.24) is 65.0 Å². The molecule has 13 aromatic heterocycles. The molecule has 0 radical (unpaired) electrons. The number of aromatic nitrogens is 11. The van der Waals surface area contributed by atoms with Gasteiger partial charge < -0.3 is 47.1 Å². The fourth-order valence-corrected chi connectivity index (χ4v) is 15.1. The number of aryl methyl sites for hydroxylation is 14. The van der Waals surface area contributed by atoms with Crippen LogP contribution in [0.2, 0.25) is 0 Å². The first-order chi connectivity index (χ1) is 65.6. The Kier molecular flexibility index (Phi) is 78.4. The van der Waals surface area contributed by atoms with E-state index in [1.165, 1.54) is 139 Å². The van der Waals surface area contributed by atoms with Gasteiger partial charge in [-0.3, -0.25) is 34.9 Å². The van der Waals surface area contributed by atoms with Gasteiger partial charge in [0.05, 0.1) is 49.0 Å². The Morgan fingerprint density at radius 1 is 0.441 bits per heavy atom. The first-order valence-electron chi connectivity index (χ1n) is 47.3. The van der Waals surface area contributed by atoms with Crippen LogP contribution < -0.4 is 5.32 Å². The number of furan rings is 2. The highest BCUT2D eigenvalue weighted by Gasteiger charge is 2.18. The van der Waals surface area contributed by atoms with Crippen LogP contribution in [0.5, 0.6) is 0 Å². The number of nitrogens with zero attached hydrogens (tertiary/aromatic N) is 12. The van der Waals surface area contributed by atoms with Crippen LogP contribution in [-0.4, -0.2) is 160 Å². The van der Waals surface area contributed by atoms with E-state index in [0.29, 0.717) is 6.10 Å². The summed E-state index contributed by atoms with van der Waals surface area (Å²) in [5.41, 5.74) is 11.5. The average Bonchev–Trinajstić information content (AvgIpc) is 0.987. The maximum Gasteiger partial charge on any atom is 0.190 e. The SMILES string of the molecule is CC1=NCCO1.CC1CC(C)CN(C)C1.CC1CCCN1.CC1CCCO1.CC1CCCS1.CC1CCOC1.CC1CCSC1.Cc1ccc[nH]1.Cc1ccccc1.Cc1ccccn1.Cc1ccccn1.Cc1cccnc1.Cc1cccnc1.Cc1ccco1.Cc1cccs1.Cc1ccoc1.Cc1ccsc1.Cc1cnccn1.Cc1cocn1.Cc1ncccn1.Cc1ncco1. The fraction of sp³-hybridized carbons (Fsp3) is 0.450. The van der Waals surface area contributed by atoms with Crippen LogP contribution in [-0.2, 0) is 14.2 Å². The van der Waals surface area contributed by atoms with Gasteiger partial charge in [0.25, 0.3) is 0 Å². The highest BCUT2D eigenvalue weighted by atomic mass is 32.2. The Hall–Kier alpha value is -10.3. The van der Waals surface area contributed by atoms with Crippen molar-refractivity contribution in [1.29, 1.82) is 0 Å². The molecule has 0 spiro atoms. The Bertz CT molecular complexity index is 3900. The smallest absolute Gasteiger partial charge is 0.190 e. The van der Waals surface area contributed by atoms with Crippen molar-refractivity contribution < 1.29 is 31.9 Å². The molecule has 6 fully saturated rings. The summed E-state index contributed by atoms with van der Waals surface area (Å²) in [7, 11) is 2.21. The molecule has 20 heterocycles. The molecule has 7 unspecified atom stereocenters. The second-order valence-corrected chi connectivity index (χ2v) is 38.0. The van der Waals surface area contributed by atoms with E-state index in [1.807, 2.05) is 204 Å². The molecule has 0 saturated carbocycles. The van der Waals surface area contributed by atoms with E-state index in [1.54, 1.807) is 129 Å². The molecule has 7 aliphatic rings. The lowest BCUT2D eigenvalue weighted by molar-refractivity contribution is 0.125. The molecule has 0 bridgehead atoms. The van der Waals surface area contributed by atoms with Gasteiger partial charge in [-0.2, -0.15) is 34.9 Å². The number of benzene rings is 1. The van der Waals surface area contributed by atoms with Crippen LogP contribution in [0.1, 0.15) is 192 Å². The monoisotopic (exact) mass is 1930 g/mol. The number of H-pyrrole nitrogens is 1. The minimum Gasteiger partial charge on any atom is -0.479 e.